The molecule has 2 aliphatic heterocycles. The molecule has 4 aromatic rings. The summed E-state index contributed by atoms with van der Waals surface area (Å²) in [5.74, 6) is 0.0936. The first-order chi connectivity index (χ1) is 30.5. The van der Waals surface area contributed by atoms with Crippen LogP contribution in [0, 0.1) is 10.8 Å². The van der Waals surface area contributed by atoms with Crippen molar-refractivity contribution in [1.29, 1.82) is 0 Å². The fraction of sp³-hybridized carbons (Fsp3) is 0.511. The van der Waals surface area contributed by atoms with E-state index in [-0.39, 0.29) is 63.7 Å². The molecule has 1 saturated heterocycles. The number of ether oxygens (including phenoxy) is 3. The van der Waals surface area contributed by atoms with Crippen LogP contribution in [0.4, 0.5) is 10.5 Å². The Morgan fingerprint density at radius 1 is 1.00 bits per heavy atom. The molecule has 1 aromatic carbocycles. The molecule has 15 nitrogen and oxygen atoms in total. The first kappa shape index (κ1) is 45.3. The third-order valence-electron chi connectivity index (χ3n) is 13.4. The van der Waals surface area contributed by atoms with Crippen LogP contribution in [0.15, 0.2) is 42.6 Å². The summed E-state index contributed by atoms with van der Waals surface area (Å²) in [6.45, 7) is 8.24. The van der Waals surface area contributed by atoms with Crippen LogP contribution >= 0.6 is 23.2 Å². The molecule has 4 aliphatic rings. The van der Waals surface area contributed by atoms with Crippen LogP contribution in [0.2, 0.25) is 10.0 Å². The molecule has 2 aliphatic carbocycles. The predicted molar refractivity (Wildman–Crippen MR) is 242 cm³/mol. The fourth-order valence-corrected chi connectivity index (χ4v) is 10.7. The molecule has 17 heteroatoms. The van der Waals surface area contributed by atoms with E-state index in [2.05, 4.69) is 20.5 Å². The number of fused-ring (bicyclic) bond motifs is 3. The van der Waals surface area contributed by atoms with E-state index >= 15 is 0 Å². The predicted octanol–water partition coefficient (Wildman–Crippen LogP) is 8.00. The summed E-state index contributed by atoms with van der Waals surface area (Å²) >= 11 is 14.1. The zero-order valence-corrected chi connectivity index (χ0v) is 38.8. The van der Waals surface area contributed by atoms with Crippen LogP contribution in [-0.2, 0) is 45.6 Å². The molecule has 8 rings (SSSR count). The van der Waals surface area contributed by atoms with Gasteiger partial charge in [-0.25, -0.2) is 14.8 Å². The molecule has 1 atom stereocenters. The van der Waals surface area contributed by atoms with Crippen molar-refractivity contribution in [3.63, 3.8) is 0 Å². The number of nitrogens with one attached hydrogen (secondary N) is 2. The van der Waals surface area contributed by atoms with Crippen molar-refractivity contribution >= 4 is 52.8 Å². The summed E-state index contributed by atoms with van der Waals surface area (Å²) in [5, 5.41) is 6.44. The van der Waals surface area contributed by atoms with Gasteiger partial charge in [0.25, 0.3) is 5.91 Å². The van der Waals surface area contributed by atoms with Gasteiger partial charge in [0.2, 0.25) is 11.8 Å². The Morgan fingerprint density at radius 2 is 1.78 bits per heavy atom. The highest BCUT2D eigenvalue weighted by molar-refractivity contribution is 6.39. The van der Waals surface area contributed by atoms with Gasteiger partial charge in [-0.2, -0.15) is 0 Å². The maximum Gasteiger partial charge on any atom is 0.410 e. The summed E-state index contributed by atoms with van der Waals surface area (Å²) in [5.41, 5.74) is 4.07. The largest absolute Gasteiger partial charge is 0.481 e. The topological polar surface area (TPSA) is 170 Å². The van der Waals surface area contributed by atoms with Crippen LogP contribution in [0.25, 0.3) is 22.5 Å². The number of benzene rings is 1. The molecule has 0 spiro atoms. The van der Waals surface area contributed by atoms with E-state index in [1.807, 2.05) is 17.7 Å². The van der Waals surface area contributed by atoms with Gasteiger partial charge < -0.3 is 34.3 Å². The summed E-state index contributed by atoms with van der Waals surface area (Å²) in [6.07, 6.45) is 8.81. The summed E-state index contributed by atoms with van der Waals surface area (Å²) in [4.78, 5) is 69.9. The lowest BCUT2D eigenvalue weighted by atomic mass is 9.80. The zero-order chi connectivity index (χ0) is 45.6. The molecule has 3 aromatic heterocycles. The van der Waals surface area contributed by atoms with Crippen LogP contribution < -0.4 is 15.4 Å². The molecule has 2 bridgehead atoms. The van der Waals surface area contributed by atoms with E-state index in [9.17, 15) is 19.2 Å². The second-order valence-corrected chi connectivity index (χ2v) is 19.5. The third-order valence-corrected chi connectivity index (χ3v) is 14.2. The van der Waals surface area contributed by atoms with E-state index in [1.165, 1.54) is 14.2 Å². The number of halogens is 2. The number of hydrogen-bond donors (Lipinski definition) is 2. The van der Waals surface area contributed by atoms with Crippen molar-refractivity contribution in [3.8, 4) is 28.4 Å². The number of amides is 3. The van der Waals surface area contributed by atoms with Crippen molar-refractivity contribution in [3.05, 3.63) is 75.4 Å². The molecular formula is C47H56Cl2N8O7. The van der Waals surface area contributed by atoms with E-state index in [4.69, 9.17) is 47.4 Å². The molecule has 0 radical (unpaired) electrons. The molecular weight excluding hydrogens is 859 g/mol. The van der Waals surface area contributed by atoms with Crippen LogP contribution in [0.1, 0.15) is 99.7 Å². The van der Waals surface area contributed by atoms with Gasteiger partial charge in [-0.15, -0.1) is 0 Å². The van der Waals surface area contributed by atoms with Crippen molar-refractivity contribution in [2.75, 3.05) is 39.2 Å². The lowest BCUT2D eigenvalue weighted by Crippen LogP contribution is -2.43. The summed E-state index contributed by atoms with van der Waals surface area (Å²) in [6, 6.07) is 10.4. The number of esters is 1. The van der Waals surface area contributed by atoms with Crippen molar-refractivity contribution in [2.24, 2.45) is 17.9 Å². The van der Waals surface area contributed by atoms with Crippen molar-refractivity contribution in [2.45, 2.75) is 103 Å². The minimum atomic E-state index is -0.720. The summed E-state index contributed by atoms with van der Waals surface area (Å²) in [7, 11) is 4.87. The van der Waals surface area contributed by atoms with Crippen LogP contribution in [0.3, 0.4) is 0 Å². The molecule has 3 fully saturated rings. The van der Waals surface area contributed by atoms with Gasteiger partial charge >= 0.3 is 12.1 Å². The number of hydrogen-bond acceptors (Lipinski definition) is 11. The first-order valence-corrected chi connectivity index (χ1v) is 22.7. The van der Waals surface area contributed by atoms with Gasteiger partial charge in [-0.1, -0.05) is 35.3 Å². The van der Waals surface area contributed by atoms with Crippen molar-refractivity contribution < 1.29 is 33.4 Å². The lowest BCUT2D eigenvalue weighted by molar-refractivity contribution is -0.152. The van der Waals surface area contributed by atoms with E-state index in [0.717, 1.165) is 69.4 Å². The average molecular weight is 916 g/mol. The minimum Gasteiger partial charge on any atom is -0.481 e. The van der Waals surface area contributed by atoms with Gasteiger partial charge in [0.15, 0.2) is 5.82 Å². The maximum absolute atomic E-state index is 13.9. The minimum absolute atomic E-state index is 0.0467. The quantitative estimate of drug-likeness (QED) is 0.125. The molecule has 5 heterocycles. The Bertz CT molecular complexity index is 2480. The fourth-order valence-electron chi connectivity index (χ4n) is 10.1. The SMILES string of the molecule is COC(=O)C12CCC(CCN3CCc4c(nc(C(=O)Nc5cccc(-c6nccc(-c7ccc(CN(C[C@@H]8CCC(=O)N8)C(=O)OC(C)(C)C)c(OC)n7)c6Cl)c5Cl)n4C)C3)(CC1)C2. The molecule has 2 saturated carbocycles. The normalized spacial score (nSPS) is 21.6. The highest BCUT2D eigenvalue weighted by Gasteiger charge is 2.58. The Balaban J connectivity index is 0.959. The van der Waals surface area contributed by atoms with Gasteiger partial charge in [0.1, 0.15) is 5.60 Å². The molecule has 2 N–H and O–H groups in total. The average Bonchev–Trinajstić information content (AvgIpc) is 4.05. The summed E-state index contributed by atoms with van der Waals surface area (Å²) < 4.78 is 18.5. The van der Waals surface area contributed by atoms with Gasteiger partial charge in [0, 0.05) is 74.1 Å². The van der Waals surface area contributed by atoms with E-state index in [0.29, 0.717) is 59.0 Å². The number of aromatic nitrogens is 4. The van der Waals surface area contributed by atoms with Gasteiger partial charge in [-0.3, -0.25) is 24.3 Å². The highest BCUT2D eigenvalue weighted by Crippen LogP contribution is 2.63. The monoisotopic (exact) mass is 914 g/mol. The number of pyridine rings is 2. The van der Waals surface area contributed by atoms with Crippen molar-refractivity contribution in [1.82, 2.24) is 34.6 Å². The number of imidazole rings is 1. The van der Waals surface area contributed by atoms with Gasteiger partial charge in [0.05, 0.1) is 59.0 Å². The third kappa shape index (κ3) is 9.16. The van der Waals surface area contributed by atoms with Crippen LogP contribution in [-0.4, -0.2) is 98.7 Å². The van der Waals surface area contributed by atoms with Gasteiger partial charge in [-0.05, 0) is 102 Å². The molecule has 0 unspecified atom stereocenters. The van der Waals surface area contributed by atoms with E-state index < -0.39 is 11.7 Å². The second-order valence-electron chi connectivity index (χ2n) is 18.8. The Kier molecular flexibility index (Phi) is 12.7. The number of anilines is 1. The molecule has 340 valence electrons. The highest BCUT2D eigenvalue weighted by atomic mass is 35.5. The smallest absolute Gasteiger partial charge is 0.410 e. The standard InChI is InChI=1S/C47H56Cl2N8O7/c1-45(2,3)64-44(61)57(25-29-11-13-36(58)51-29)24-28-10-12-32(54-42(28)62-5)30-14-21-50-39(38(30)49)31-8-7-9-33(37(31)48)53-41(59)40-52-34-26-56(22-15-35(34)55(40)4)23-20-46-16-18-47(27-46,19-17-46)43(60)63-6/h7-10,12,14,21,29H,11,13,15-20,22-27H2,1-6H3,(H,51,58)(H,53,59)/t29-,46?,47?/m0/s1. The number of methoxy groups -OCH3 is 2. The Hall–Kier alpha value is -5.25. The van der Waals surface area contributed by atoms with Crippen LogP contribution in [0.5, 0.6) is 5.88 Å². The first-order valence-electron chi connectivity index (χ1n) is 21.9. The Morgan fingerprint density at radius 3 is 2.48 bits per heavy atom. The van der Waals surface area contributed by atoms with E-state index in [1.54, 1.807) is 62.2 Å². The second kappa shape index (κ2) is 18.0. The Labute approximate surface area is 383 Å². The number of carbonyl (C=O) groups is 4. The number of carbonyl (C=O) groups excluding carboxylic acids is 4. The number of rotatable bonds is 13. The zero-order valence-electron chi connectivity index (χ0n) is 37.3. The lowest BCUT2D eigenvalue weighted by Gasteiger charge is -2.32. The molecule has 3 amide bonds. The number of nitrogens with zero attached hydrogens (tertiary/aromatic N) is 6. The maximum atomic E-state index is 13.9. The molecule has 64 heavy (non-hydrogen) atoms.